The third-order valence-corrected chi connectivity index (χ3v) is 8.14. The molecule has 2 heterocycles. The summed E-state index contributed by atoms with van der Waals surface area (Å²) in [4.78, 5) is 20.0. The molecule has 2 N–H and O–H groups in total. The van der Waals surface area contributed by atoms with Crippen LogP contribution in [0.5, 0.6) is 0 Å². The molecule has 0 unspecified atom stereocenters. The lowest BCUT2D eigenvalue weighted by Gasteiger charge is -2.30. The largest absolute Gasteiger partial charge is 0.370 e. The number of carbonyl (C=O) groups excluding carboxylic acids is 1. The number of aromatic nitrogens is 1. The van der Waals surface area contributed by atoms with E-state index in [1.165, 1.54) is 6.07 Å². The molecule has 0 atom stereocenters. The van der Waals surface area contributed by atoms with E-state index in [0.717, 1.165) is 48.9 Å². The number of fused-ring (bicyclic) bond motifs is 1. The molecule has 1 aliphatic heterocycles. The van der Waals surface area contributed by atoms with Crippen LogP contribution in [0, 0.1) is 6.92 Å². The maximum Gasteiger partial charge on any atom is 0.264 e. The van der Waals surface area contributed by atoms with E-state index in [9.17, 15) is 13.2 Å². The zero-order chi connectivity index (χ0) is 26.0. The number of piperidine rings is 1. The Bertz CT molecular complexity index is 1580. The van der Waals surface area contributed by atoms with Crippen molar-refractivity contribution in [2.24, 2.45) is 0 Å². The highest BCUT2D eigenvalue weighted by Crippen LogP contribution is 2.33. The Morgan fingerprint density at radius 1 is 0.946 bits per heavy atom. The van der Waals surface area contributed by atoms with Gasteiger partial charge in [-0.1, -0.05) is 41.9 Å². The Kier molecular flexibility index (Phi) is 7.04. The highest BCUT2D eigenvalue weighted by atomic mass is 35.5. The number of para-hydroxylation sites is 2. The Balaban J connectivity index is 1.53. The van der Waals surface area contributed by atoms with Crippen molar-refractivity contribution in [1.29, 1.82) is 0 Å². The Morgan fingerprint density at radius 2 is 1.68 bits per heavy atom. The van der Waals surface area contributed by atoms with E-state index in [0.29, 0.717) is 27.6 Å². The summed E-state index contributed by atoms with van der Waals surface area (Å²) in [6.07, 6.45) is 3.10. The molecule has 0 aliphatic carbocycles. The molecule has 0 spiro atoms. The minimum Gasteiger partial charge on any atom is -0.370 e. The fourth-order valence-electron chi connectivity index (χ4n) is 4.64. The number of amides is 1. The monoisotopic (exact) mass is 534 g/mol. The molecule has 5 rings (SSSR count). The van der Waals surface area contributed by atoms with Crippen LogP contribution in [0.3, 0.4) is 0 Å². The highest BCUT2D eigenvalue weighted by Gasteiger charge is 2.25. The average Bonchev–Trinajstić information content (AvgIpc) is 2.90. The Hall–Kier alpha value is -3.62. The Labute approximate surface area is 221 Å². The SMILES string of the molecule is Cc1cc(C(=O)Nc2ccc(N3CCCCC3)c(S(=O)(=O)Nc3ccccc3Cl)c2)c2ccccc2n1. The van der Waals surface area contributed by atoms with Crippen LogP contribution in [0.1, 0.15) is 35.3 Å². The van der Waals surface area contributed by atoms with Gasteiger partial charge in [0.05, 0.1) is 27.5 Å². The molecule has 0 bridgehead atoms. The summed E-state index contributed by atoms with van der Waals surface area (Å²) in [5.74, 6) is -0.338. The van der Waals surface area contributed by atoms with Crippen molar-refractivity contribution in [3.05, 3.63) is 89.1 Å². The zero-order valence-electron chi connectivity index (χ0n) is 20.4. The van der Waals surface area contributed by atoms with E-state index in [1.807, 2.05) is 31.2 Å². The predicted octanol–water partition coefficient (Wildman–Crippen LogP) is 6.24. The molecule has 190 valence electrons. The van der Waals surface area contributed by atoms with Gasteiger partial charge < -0.3 is 10.2 Å². The van der Waals surface area contributed by atoms with E-state index >= 15 is 0 Å². The number of carbonyl (C=O) groups is 1. The summed E-state index contributed by atoms with van der Waals surface area (Å²) in [5, 5.41) is 3.92. The normalized spacial score (nSPS) is 13.9. The van der Waals surface area contributed by atoms with Crippen molar-refractivity contribution in [2.45, 2.75) is 31.1 Å². The number of nitrogens with one attached hydrogen (secondary N) is 2. The van der Waals surface area contributed by atoms with Gasteiger partial charge in [0.15, 0.2) is 0 Å². The number of halogens is 1. The van der Waals surface area contributed by atoms with Crippen molar-refractivity contribution in [3.63, 3.8) is 0 Å². The predicted molar refractivity (Wildman–Crippen MR) is 149 cm³/mol. The van der Waals surface area contributed by atoms with Gasteiger partial charge in [-0.3, -0.25) is 14.5 Å². The molecule has 4 aromatic rings. The van der Waals surface area contributed by atoms with E-state index in [2.05, 4.69) is 19.9 Å². The molecule has 1 fully saturated rings. The van der Waals surface area contributed by atoms with Crippen LogP contribution in [0.25, 0.3) is 10.9 Å². The fraction of sp³-hybridized carbons (Fsp3) is 0.214. The summed E-state index contributed by atoms with van der Waals surface area (Å²) in [5.41, 5.74) is 3.19. The Morgan fingerprint density at radius 3 is 2.46 bits per heavy atom. The highest BCUT2D eigenvalue weighted by molar-refractivity contribution is 7.93. The number of hydrogen-bond acceptors (Lipinski definition) is 5. The minimum atomic E-state index is -4.02. The summed E-state index contributed by atoms with van der Waals surface area (Å²) in [6.45, 7) is 3.37. The van der Waals surface area contributed by atoms with Gasteiger partial charge in [-0.05, 0) is 68.7 Å². The van der Waals surface area contributed by atoms with E-state index in [1.54, 1.807) is 42.5 Å². The number of anilines is 3. The standard InChI is InChI=1S/C28H27ClN4O3S/c1-19-17-22(21-9-3-5-11-24(21)30-19)28(34)31-20-13-14-26(33-15-7-2-8-16-33)27(18-20)37(35,36)32-25-12-6-4-10-23(25)29/h3-6,9-14,17-18,32H,2,7-8,15-16H2,1H3,(H,31,34). The van der Waals surface area contributed by atoms with Crippen LogP contribution in [0.15, 0.2) is 77.7 Å². The van der Waals surface area contributed by atoms with Crippen molar-refractivity contribution >= 4 is 55.5 Å². The number of nitrogens with zero attached hydrogens (tertiary/aromatic N) is 2. The van der Waals surface area contributed by atoms with Gasteiger partial charge in [0.25, 0.3) is 15.9 Å². The second kappa shape index (κ2) is 10.4. The molecule has 37 heavy (non-hydrogen) atoms. The quantitative estimate of drug-likeness (QED) is 0.305. The number of benzene rings is 3. The molecule has 7 nitrogen and oxygen atoms in total. The van der Waals surface area contributed by atoms with Crippen LogP contribution in [0.2, 0.25) is 5.02 Å². The number of rotatable bonds is 6. The second-order valence-corrected chi connectivity index (χ2v) is 11.2. The van der Waals surface area contributed by atoms with E-state index < -0.39 is 10.0 Å². The average molecular weight is 535 g/mol. The number of hydrogen-bond donors (Lipinski definition) is 2. The number of aryl methyl sites for hydroxylation is 1. The molecular weight excluding hydrogens is 508 g/mol. The summed E-state index contributed by atoms with van der Waals surface area (Å²) >= 11 is 6.24. The van der Waals surface area contributed by atoms with E-state index in [4.69, 9.17) is 11.6 Å². The van der Waals surface area contributed by atoms with Gasteiger partial charge >= 0.3 is 0 Å². The number of pyridine rings is 1. The maximum absolute atomic E-state index is 13.6. The molecular formula is C28H27ClN4O3S. The second-order valence-electron chi connectivity index (χ2n) is 9.10. The first-order chi connectivity index (χ1) is 17.8. The van der Waals surface area contributed by atoms with Crippen LogP contribution >= 0.6 is 11.6 Å². The van der Waals surface area contributed by atoms with Gasteiger partial charge in [-0.25, -0.2) is 8.42 Å². The minimum absolute atomic E-state index is 0.0860. The molecule has 1 saturated heterocycles. The molecule has 1 aromatic heterocycles. The van der Waals surface area contributed by atoms with Gasteiger partial charge in [0, 0.05) is 29.9 Å². The molecule has 1 aliphatic rings. The molecule has 3 aromatic carbocycles. The first-order valence-electron chi connectivity index (χ1n) is 12.2. The van der Waals surface area contributed by atoms with Crippen LogP contribution in [-0.4, -0.2) is 32.4 Å². The van der Waals surface area contributed by atoms with Gasteiger partial charge in [0.2, 0.25) is 0 Å². The van der Waals surface area contributed by atoms with Crippen molar-refractivity contribution in [2.75, 3.05) is 28.0 Å². The molecule has 1 amide bonds. The van der Waals surface area contributed by atoms with Gasteiger partial charge in [-0.15, -0.1) is 0 Å². The molecule has 9 heteroatoms. The first-order valence-corrected chi connectivity index (χ1v) is 14.0. The molecule has 0 radical (unpaired) electrons. The zero-order valence-corrected chi connectivity index (χ0v) is 21.9. The summed E-state index contributed by atoms with van der Waals surface area (Å²) in [6, 6.07) is 20.9. The van der Waals surface area contributed by atoms with Crippen molar-refractivity contribution in [3.8, 4) is 0 Å². The third kappa shape index (κ3) is 5.40. The lowest BCUT2D eigenvalue weighted by Crippen LogP contribution is -2.31. The first kappa shape index (κ1) is 25.0. The van der Waals surface area contributed by atoms with Gasteiger partial charge in [0.1, 0.15) is 4.90 Å². The van der Waals surface area contributed by atoms with Crippen LogP contribution in [0.4, 0.5) is 17.1 Å². The molecule has 0 saturated carbocycles. The maximum atomic E-state index is 13.6. The number of sulfonamides is 1. The third-order valence-electron chi connectivity index (χ3n) is 6.41. The lowest BCUT2D eigenvalue weighted by atomic mass is 10.1. The van der Waals surface area contributed by atoms with Gasteiger partial charge in [-0.2, -0.15) is 0 Å². The van der Waals surface area contributed by atoms with Crippen molar-refractivity contribution < 1.29 is 13.2 Å². The summed E-state index contributed by atoms with van der Waals surface area (Å²) < 4.78 is 29.9. The fourth-order valence-corrected chi connectivity index (χ4v) is 6.21. The topological polar surface area (TPSA) is 91.4 Å². The summed E-state index contributed by atoms with van der Waals surface area (Å²) in [7, 11) is -4.02. The smallest absolute Gasteiger partial charge is 0.264 e. The lowest BCUT2D eigenvalue weighted by molar-refractivity contribution is 0.102. The van der Waals surface area contributed by atoms with Crippen LogP contribution < -0.4 is 14.9 Å². The van der Waals surface area contributed by atoms with Crippen LogP contribution in [-0.2, 0) is 10.0 Å². The van der Waals surface area contributed by atoms with Crippen molar-refractivity contribution in [1.82, 2.24) is 4.98 Å². The van der Waals surface area contributed by atoms with E-state index in [-0.39, 0.29) is 10.8 Å².